The summed E-state index contributed by atoms with van der Waals surface area (Å²) < 4.78 is 1.59. The molecule has 0 unspecified atom stereocenters. The number of aromatic nitrogens is 3. The zero-order valence-electron chi connectivity index (χ0n) is 22.5. The summed E-state index contributed by atoms with van der Waals surface area (Å²) in [6.45, 7) is 2.97. The first kappa shape index (κ1) is 25.0. The third kappa shape index (κ3) is 3.64. The number of likely N-dealkylation sites (tertiary alicyclic amines) is 1. The number of carboxylic acid groups (broad SMARTS) is 1. The molecule has 0 radical (unpaired) electrons. The van der Waals surface area contributed by atoms with Crippen LogP contribution in [0.25, 0.3) is 33.3 Å². The maximum absolute atomic E-state index is 13.2. The Labute approximate surface area is 236 Å². The second kappa shape index (κ2) is 9.04. The summed E-state index contributed by atoms with van der Waals surface area (Å²) in [7, 11) is 5.77. The summed E-state index contributed by atoms with van der Waals surface area (Å²) in [5.41, 5.74) is 7.63. The number of nitrogens with one attached hydrogen (secondary N) is 1. The Balaban J connectivity index is 1.50. The van der Waals surface area contributed by atoms with Crippen LogP contribution in [0.1, 0.15) is 28.0 Å². The summed E-state index contributed by atoms with van der Waals surface area (Å²) in [6, 6.07) is 6.11. The number of carboxylic acids is 1. The lowest BCUT2D eigenvalue weighted by Crippen LogP contribution is -2.35. The van der Waals surface area contributed by atoms with Gasteiger partial charge in [-0.1, -0.05) is 11.6 Å². The largest absolute Gasteiger partial charge is 0.477 e. The first-order valence-corrected chi connectivity index (χ1v) is 13.8. The highest BCUT2D eigenvalue weighted by Gasteiger charge is 2.43. The van der Waals surface area contributed by atoms with Gasteiger partial charge in [-0.25, -0.2) is 9.78 Å². The van der Waals surface area contributed by atoms with E-state index in [9.17, 15) is 14.7 Å². The Bertz CT molecular complexity index is 1800. The SMILES string of the molecule is CNc1cc(Cl)cc2c1Cc1ncc(-c3cnc4c(c3)c(=O)c(C(=O)O)cn4C)c(N3CC[C@@H]4CN(C)C[C@@H]43)c1-2. The molecular formula is C30H29ClN6O3. The zero-order valence-corrected chi connectivity index (χ0v) is 23.3. The van der Waals surface area contributed by atoms with Gasteiger partial charge in [0.15, 0.2) is 0 Å². The number of benzene rings is 1. The summed E-state index contributed by atoms with van der Waals surface area (Å²) >= 11 is 6.61. The van der Waals surface area contributed by atoms with Gasteiger partial charge < -0.3 is 24.8 Å². The number of hydrogen-bond acceptors (Lipinski definition) is 7. The van der Waals surface area contributed by atoms with Gasteiger partial charge in [-0.2, -0.15) is 0 Å². The average molecular weight is 557 g/mol. The minimum atomic E-state index is -1.25. The Kier molecular flexibility index (Phi) is 5.66. The van der Waals surface area contributed by atoms with Gasteiger partial charge in [0.1, 0.15) is 11.2 Å². The van der Waals surface area contributed by atoms with Gasteiger partial charge in [0, 0.05) is 92.2 Å². The van der Waals surface area contributed by atoms with Crippen molar-refractivity contribution < 1.29 is 9.90 Å². The molecule has 2 atom stereocenters. The van der Waals surface area contributed by atoms with Gasteiger partial charge in [0.25, 0.3) is 0 Å². The van der Waals surface area contributed by atoms with Crippen molar-refractivity contribution in [3.05, 3.63) is 68.9 Å². The molecule has 204 valence electrons. The van der Waals surface area contributed by atoms with Gasteiger partial charge in [0.2, 0.25) is 5.43 Å². The molecular weight excluding hydrogens is 528 g/mol. The number of halogens is 1. The maximum Gasteiger partial charge on any atom is 0.341 e. The first-order valence-electron chi connectivity index (χ1n) is 13.5. The Hall–Kier alpha value is -3.95. The van der Waals surface area contributed by atoms with Gasteiger partial charge in [-0.15, -0.1) is 0 Å². The lowest BCUT2D eigenvalue weighted by molar-refractivity contribution is 0.0695. The molecule has 0 saturated carbocycles. The Morgan fingerprint density at radius 3 is 2.73 bits per heavy atom. The highest BCUT2D eigenvalue weighted by Crippen LogP contribution is 2.51. The minimum Gasteiger partial charge on any atom is -0.477 e. The molecule has 2 saturated heterocycles. The van der Waals surface area contributed by atoms with Crippen LogP contribution >= 0.6 is 11.6 Å². The van der Waals surface area contributed by atoms with Crippen molar-refractivity contribution in [2.45, 2.75) is 18.9 Å². The number of pyridine rings is 3. The summed E-state index contributed by atoms with van der Waals surface area (Å²) in [5, 5.41) is 13.9. The average Bonchev–Trinajstić information content (AvgIpc) is 3.61. The predicted molar refractivity (Wildman–Crippen MR) is 157 cm³/mol. The van der Waals surface area contributed by atoms with E-state index in [4.69, 9.17) is 16.6 Å². The van der Waals surface area contributed by atoms with E-state index < -0.39 is 11.4 Å². The third-order valence-electron chi connectivity index (χ3n) is 8.80. The van der Waals surface area contributed by atoms with E-state index in [0.717, 1.165) is 65.4 Å². The van der Waals surface area contributed by atoms with Crippen molar-refractivity contribution in [3.63, 3.8) is 0 Å². The minimum absolute atomic E-state index is 0.271. The standard InChI is InChI=1S/C30H29ClN6O3/c1-32-23-8-17(31)7-19-18(23)9-24-26(19)27(37-5-4-15-12-35(2)14-25(15)37)21(11-33-24)16-6-20-28(38)22(30(39)40)13-36(3)29(20)34-10-16/h6-8,10-11,13,15,25,32H,4-5,9,12,14H2,1-3H3,(H,39,40)/t15-,25+/m1/s1. The predicted octanol–water partition coefficient (Wildman–Crippen LogP) is 4.10. The van der Waals surface area contributed by atoms with Crippen LogP contribution in [0, 0.1) is 5.92 Å². The highest BCUT2D eigenvalue weighted by atomic mass is 35.5. The van der Waals surface area contributed by atoms with Gasteiger partial charge >= 0.3 is 5.97 Å². The molecule has 5 heterocycles. The maximum atomic E-state index is 13.2. The molecule has 0 bridgehead atoms. The van der Waals surface area contributed by atoms with Gasteiger partial charge in [-0.05, 0) is 48.7 Å². The fourth-order valence-electron chi connectivity index (χ4n) is 7.02. The molecule has 40 heavy (non-hydrogen) atoms. The van der Waals surface area contributed by atoms with Crippen LogP contribution < -0.4 is 15.6 Å². The molecule has 1 aliphatic carbocycles. The number of aryl methyl sites for hydroxylation is 1. The first-order chi connectivity index (χ1) is 19.2. The molecule has 2 N–H and O–H groups in total. The molecule has 3 aliphatic rings. The quantitative estimate of drug-likeness (QED) is 0.341. The molecule has 10 heteroatoms. The number of anilines is 2. The number of carbonyl (C=O) groups is 1. The van der Waals surface area contributed by atoms with Crippen LogP contribution in [0.3, 0.4) is 0 Å². The Morgan fingerprint density at radius 2 is 1.95 bits per heavy atom. The van der Waals surface area contributed by atoms with Crippen molar-refractivity contribution in [2.24, 2.45) is 13.0 Å². The van der Waals surface area contributed by atoms with Crippen molar-refractivity contribution >= 4 is 40.0 Å². The number of nitrogens with zero attached hydrogens (tertiary/aromatic N) is 5. The van der Waals surface area contributed by atoms with E-state index in [1.165, 1.54) is 11.8 Å². The van der Waals surface area contributed by atoms with Gasteiger partial charge in [0.05, 0.1) is 16.8 Å². The van der Waals surface area contributed by atoms with Crippen LogP contribution in [0.15, 0.2) is 41.6 Å². The molecule has 4 aromatic rings. The molecule has 9 nitrogen and oxygen atoms in total. The summed E-state index contributed by atoms with van der Waals surface area (Å²) in [5.74, 6) is -0.676. The van der Waals surface area contributed by atoms with Crippen LogP contribution in [0.2, 0.25) is 5.02 Å². The normalized spacial score (nSPS) is 19.6. The fraction of sp³-hybridized carbons (Fsp3) is 0.333. The third-order valence-corrected chi connectivity index (χ3v) is 9.02. The van der Waals surface area contributed by atoms with Crippen molar-refractivity contribution in [1.29, 1.82) is 0 Å². The highest BCUT2D eigenvalue weighted by molar-refractivity contribution is 6.31. The number of likely N-dealkylation sites (N-methyl/N-ethyl adjacent to an activating group) is 1. The number of rotatable bonds is 4. The smallest absolute Gasteiger partial charge is 0.341 e. The molecule has 1 aromatic carbocycles. The molecule has 3 aromatic heterocycles. The van der Waals surface area contributed by atoms with Crippen molar-refractivity contribution in [3.8, 4) is 22.3 Å². The molecule has 2 aliphatic heterocycles. The topological polar surface area (TPSA) is 104 Å². The molecule has 0 spiro atoms. The molecule has 7 rings (SSSR count). The van der Waals surface area contributed by atoms with E-state index >= 15 is 0 Å². The number of aromatic carboxylic acids is 1. The fourth-order valence-corrected chi connectivity index (χ4v) is 7.24. The zero-order chi connectivity index (χ0) is 27.9. The summed E-state index contributed by atoms with van der Waals surface area (Å²) in [6.07, 6.45) is 6.78. The van der Waals surface area contributed by atoms with E-state index in [-0.39, 0.29) is 10.9 Å². The van der Waals surface area contributed by atoms with Crippen LogP contribution in [-0.2, 0) is 13.5 Å². The lowest BCUT2D eigenvalue weighted by atomic mass is 9.96. The van der Waals surface area contributed by atoms with E-state index in [1.54, 1.807) is 23.9 Å². The molecule has 2 fully saturated rings. The van der Waals surface area contributed by atoms with Crippen LogP contribution in [0.4, 0.5) is 11.4 Å². The molecule has 0 amide bonds. The van der Waals surface area contributed by atoms with E-state index in [2.05, 4.69) is 27.1 Å². The van der Waals surface area contributed by atoms with Gasteiger partial charge in [-0.3, -0.25) is 9.78 Å². The monoisotopic (exact) mass is 556 g/mol. The lowest BCUT2D eigenvalue weighted by Gasteiger charge is -2.31. The second-order valence-corrected chi connectivity index (χ2v) is 11.6. The van der Waals surface area contributed by atoms with Crippen LogP contribution in [0.5, 0.6) is 0 Å². The van der Waals surface area contributed by atoms with E-state index in [0.29, 0.717) is 29.1 Å². The number of hydrogen-bond donors (Lipinski definition) is 2. The van der Waals surface area contributed by atoms with E-state index in [1.807, 2.05) is 25.4 Å². The summed E-state index contributed by atoms with van der Waals surface area (Å²) in [4.78, 5) is 39.5. The van der Waals surface area contributed by atoms with Crippen LogP contribution in [-0.4, -0.2) is 70.3 Å². The van der Waals surface area contributed by atoms with Crippen molar-refractivity contribution in [1.82, 2.24) is 19.4 Å². The second-order valence-electron chi connectivity index (χ2n) is 11.2. The Morgan fingerprint density at radius 1 is 1.12 bits per heavy atom. The van der Waals surface area contributed by atoms with Crippen molar-refractivity contribution in [2.75, 3.05) is 43.9 Å². The number of fused-ring (bicyclic) bond motifs is 5.